The van der Waals surface area contributed by atoms with Crippen LogP contribution in [0.25, 0.3) is 0 Å². The summed E-state index contributed by atoms with van der Waals surface area (Å²) >= 11 is 0. The molecule has 1 aliphatic heterocycles. The molecule has 1 aromatic heterocycles. The van der Waals surface area contributed by atoms with Crippen molar-refractivity contribution in [2.45, 2.75) is 23.8 Å². The van der Waals surface area contributed by atoms with Crippen molar-refractivity contribution in [1.82, 2.24) is 9.29 Å². The number of pyridine rings is 1. The minimum atomic E-state index is -3.63. The van der Waals surface area contributed by atoms with E-state index in [1.807, 2.05) is 0 Å². The minimum absolute atomic E-state index is 0.0376. The zero-order valence-electron chi connectivity index (χ0n) is 10.9. The van der Waals surface area contributed by atoms with Crippen molar-refractivity contribution in [3.8, 4) is 11.8 Å². The number of aromatic nitrogens is 1. The molecule has 1 fully saturated rings. The molecule has 108 valence electrons. The van der Waals surface area contributed by atoms with E-state index in [1.165, 1.54) is 22.8 Å². The lowest BCUT2D eigenvalue weighted by molar-refractivity contribution is 0.189. The van der Waals surface area contributed by atoms with E-state index in [9.17, 15) is 13.5 Å². The van der Waals surface area contributed by atoms with Gasteiger partial charge in [0.05, 0.1) is 12.7 Å². The molecule has 1 unspecified atom stereocenters. The molecule has 7 heteroatoms. The Kier molecular flexibility index (Phi) is 4.73. The number of β-amino-alcohol motifs (C(OH)–C–C–N with tert-alkyl or cyclic N) is 1. The van der Waals surface area contributed by atoms with E-state index in [2.05, 4.69) is 16.8 Å². The van der Waals surface area contributed by atoms with E-state index >= 15 is 0 Å². The van der Waals surface area contributed by atoms with Crippen LogP contribution >= 0.6 is 0 Å². The molecule has 0 bridgehead atoms. The second-order valence-corrected chi connectivity index (χ2v) is 6.43. The monoisotopic (exact) mass is 296 g/mol. The highest BCUT2D eigenvalue weighted by Gasteiger charge is 2.31. The van der Waals surface area contributed by atoms with Gasteiger partial charge in [-0.2, -0.15) is 4.31 Å². The maximum absolute atomic E-state index is 12.3. The van der Waals surface area contributed by atoms with Crippen LogP contribution in [0.3, 0.4) is 0 Å². The summed E-state index contributed by atoms with van der Waals surface area (Å²) in [6.07, 6.45) is 2.92. The minimum Gasteiger partial charge on any atom is -0.395 e. The summed E-state index contributed by atoms with van der Waals surface area (Å²) in [7, 11) is -3.63. The summed E-state index contributed by atoms with van der Waals surface area (Å²) < 4.78 is 25.9. The molecular formula is C13H16N2O4S. The van der Waals surface area contributed by atoms with Crippen molar-refractivity contribution in [2.75, 3.05) is 19.7 Å². The average molecular weight is 296 g/mol. The van der Waals surface area contributed by atoms with E-state index in [0.29, 0.717) is 24.9 Å². The summed E-state index contributed by atoms with van der Waals surface area (Å²) in [5.74, 6) is 5.47. The highest BCUT2D eigenvalue weighted by molar-refractivity contribution is 7.89. The van der Waals surface area contributed by atoms with Gasteiger partial charge >= 0.3 is 0 Å². The van der Waals surface area contributed by atoms with Crippen LogP contribution in [-0.4, -0.2) is 53.7 Å². The van der Waals surface area contributed by atoms with Crippen molar-refractivity contribution in [3.63, 3.8) is 0 Å². The number of aliphatic hydroxyl groups is 2. The molecule has 0 radical (unpaired) electrons. The number of hydrogen-bond donors (Lipinski definition) is 2. The number of nitrogens with zero attached hydrogens (tertiary/aromatic N) is 2. The first-order valence-electron chi connectivity index (χ1n) is 6.27. The largest absolute Gasteiger partial charge is 0.395 e. The number of sulfonamides is 1. The van der Waals surface area contributed by atoms with Crippen molar-refractivity contribution in [1.29, 1.82) is 0 Å². The number of hydrogen-bond acceptors (Lipinski definition) is 5. The first kappa shape index (κ1) is 14.9. The van der Waals surface area contributed by atoms with E-state index in [1.54, 1.807) is 0 Å². The second-order valence-electron chi connectivity index (χ2n) is 4.49. The molecule has 0 saturated carbocycles. The van der Waals surface area contributed by atoms with Gasteiger partial charge in [0.25, 0.3) is 0 Å². The molecule has 2 N–H and O–H groups in total. The molecule has 0 spiro atoms. The molecule has 20 heavy (non-hydrogen) atoms. The summed E-state index contributed by atoms with van der Waals surface area (Å²) in [6, 6.07) is 1.46. The van der Waals surface area contributed by atoms with Crippen molar-refractivity contribution in [2.24, 2.45) is 0 Å². The van der Waals surface area contributed by atoms with Gasteiger partial charge in [-0.05, 0) is 12.5 Å². The molecule has 1 saturated heterocycles. The van der Waals surface area contributed by atoms with Gasteiger partial charge in [0.15, 0.2) is 0 Å². The van der Waals surface area contributed by atoms with Crippen molar-refractivity contribution < 1.29 is 18.6 Å². The molecule has 2 rings (SSSR count). The fraction of sp³-hybridized carbons (Fsp3) is 0.462. The second kappa shape index (κ2) is 6.33. The Morgan fingerprint density at radius 3 is 2.90 bits per heavy atom. The number of aliphatic hydroxyl groups excluding tert-OH is 2. The molecule has 0 amide bonds. The van der Waals surface area contributed by atoms with E-state index in [4.69, 9.17) is 5.11 Å². The fourth-order valence-corrected chi connectivity index (χ4v) is 3.41. The lowest BCUT2D eigenvalue weighted by Crippen LogP contribution is -2.29. The van der Waals surface area contributed by atoms with Gasteiger partial charge in [-0.25, -0.2) is 8.42 Å². The van der Waals surface area contributed by atoms with Crippen LogP contribution in [0.15, 0.2) is 23.4 Å². The highest BCUT2D eigenvalue weighted by atomic mass is 32.2. The molecular weight excluding hydrogens is 280 g/mol. The van der Waals surface area contributed by atoms with Crippen LogP contribution < -0.4 is 0 Å². The van der Waals surface area contributed by atoms with E-state index in [-0.39, 0.29) is 18.0 Å². The fourth-order valence-electron chi connectivity index (χ4n) is 1.93. The van der Waals surface area contributed by atoms with Gasteiger partial charge in [0.1, 0.15) is 4.90 Å². The van der Waals surface area contributed by atoms with E-state index in [0.717, 1.165) is 0 Å². The normalized spacial score (nSPS) is 19.6. The Balaban J connectivity index is 2.24. The topological polar surface area (TPSA) is 90.7 Å². The third kappa shape index (κ3) is 3.35. The first-order chi connectivity index (χ1) is 9.54. The Morgan fingerprint density at radius 2 is 2.25 bits per heavy atom. The lowest BCUT2D eigenvalue weighted by Gasteiger charge is -2.15. The summed E-state index contributed by atoms with van der Waals surface area (Å²) in [5.41, 5.74) is 0.485. The van der Waals surface area contributed by atoms with E-state index < -0.39 is 16.1 Å². The standard InChI is InChI=1S/C13H16N2O4S/c16-6-2-1-3-11-7-13(9-14-8-11)20(18,19)15-5-4-12(17)10-15/h7-9,12,16-17H,2,4-6,10H2. The van der Waals surface area contributed by atoms with Crippen LogP contribution in [0.1, 0.15) is 18.4 Å². The van der Waals surface area contributed by atoms with Gasteiger partial charge in [-0.15, -0.1) is 0 Å². The van der Waals surface area contributed by atoms with Crippen LogP contribution in [0.2, 0.25) is 0 Å². The third-order valence-electron chi connectivity index (χ3n) is 2.95. The Hall–Kier alpha value is -1.46. The summed E-state index contributed by atoms with van der Waals surface area (Å²) in [5, 5.41) is 18.1. The van der Waals surface area contributed by atoms with Crippen LogP contribution in [-0.2, 0) is 10.0 Å². The quantitative estimate of drug-likeness (QED) is 0.739. The molecule has 1 aromatic rings. The predicted octanol–water partition coefficient (Wildman–Crippen LogP) is -0.429. The van der Waals surface area contributed by atoms with Gasteiger partial charge in [0, 0.05) is 37.5 Å². The first-order valence-corrected chi connectivity index (χ1v) is 7.71. The number of rotatable bonds is 3. The van der Waals surface area contributed by atoms with Gasteiger partial charge in [0.2, 0.25) is 10.0 Å². The lowest BCUT2D eigenvalue weighted by atomic mass is 10.3. The third-order valence-corrected chi connectivity index (χ3v) is 4.78. The van der Waals surface area contributed by atoms with Crippen molar-refractivity contribution in [3.05, 3.63) is 24.0 Å². The Labute approximate surface area is 118 Å². The maximum Gasteiger partial charge on any atom is 0.244 e. The Morgan fingerprint density at radius 1 is 1.45 bits per heavy atom. The highest BCUT2D eigenvalue weighted by Crippen LogP contribution is 2.20. The van der Waals surface area contributed by atoms with Crippen LogP contribution in [0.5, 0.6) is 0 Å². The Bertz CT molecular complexity index is 633. The average Bonchev–Trinajstić information content (AvgIpc) is 2.87. The van der Waals surface area contributed by atoms with Crippen LogP contribution in [0, 0.1) is 11.8 Å². The predicted molar refractivity (Wildman–Crippen MR) is 72.2 cm³/mol. The molecule has 0 aliphatic carbocycles. The maximum atomic E-state index is 12.3. The molecule has 6 nitrogen and oxygen atoms in total. The van der Waals surface area contributed by atoms with Crippen molar-refractivity contribution >= 4 is 10.0 Å². The molecule has 2 heterocycles. The summed E-state index contributed by atoms with van der Waals surface area (Å²) in [6.45, 7) is 0.386. The van der Waals surface area contributed by atoms with Crippen LogP contribution in [0.4, 0.5) is 0 Å². The zero-order chi connectivity index (χ0) is 14.6. The van der Waals surface area contributed by atoms with Gasteiger partial charge in [-0.3, -0.25) is 4.98 Å². The molecule has 0 aromatic carbocycles. The smallest absolute Gasteiger partial charge is 0.244 e. The zero-order valence-corrected chi connectivity index (χ0v) is 11.7. The van der Waals surface area contributed by atoms with Gasteiger partial charge < -0.3 is 10.2 Å². The SMILES string of the molecule is O=S(=O)(c1cncc(C#CCCO)c1)N1CCC(O)C1. The van der Waals surface area contributed by atoms with Gasteiger partial charge in [-0.1, -0.05) is 11.8 Å². The molecule has 1 aliphatic rings. The summed E-state index contributed by atoms with van der Waals surface area (Å²) in [4.78, 5) is 3.96. The molecule has 1 atom stereocenters.